The summed E-state index contributed by atoms with van der Waals surface area (Å²) in [6.45, 7) is 10.2. The molecule has 1 aliphatic heterocycles. The molecule has 4 nitrogen and oxygen atoms in total. The van der Waals surface area contributed by atoms with E-state index in [1.807, 2.05) is 13.8 Å². The number of carboxylic acid groups (broad SMARTS) is 1. The van der Waals surface area contributed by atoms with Crippen LogP contribution >= 0.6 is 11.8 Å². The molecule has 1 amide bonds. The maximum Gasteiger partial charge on any atom is 0.327 e. The Kier molecular flexibility index (Phi) is 4.70. The average molecular weight is 273 g/mol. The Morgan fingerprint density at radius 1 is 1.44 bits per heavy atom. The molecule has 1 fully saturated rings. The molecule has 0 bridgehead atoms. The monoisotopic (exact) mass is 273 g/mol. The fourth-order valence-electron chi connectivity index (χ4n) is 1.88. The maximum absolute atomic E-state index is 12.3. The van der Waals surface area contributed by atoms with Gasteiger partial charge >= 0.3 is 5.97 Å². The SMILES string of the molecule is CC1SCC(C(=O)O)N1C(=O)CC(C)C(C)(C)C. The van der Waals surface area contributed by atoms with Crippen LogP contribution in [-0.2, 0) is 9.59 Å². The quantitative estimate of drug-likeness (QED) is 0.858. The highest BCUT2D eigenvalue weighted by atomic mass is 32.2. The highest BCUT2D eigenvalue weighted by molar-refractivity contribution is 8.00. The Balaban J connectivity index is 2.73. The number of hydrogen-bond donors (Lipinski definition) is 1. The molecule has 0 aromatic carbocycles. The fourth-order valence-corrected chi connectivity index (χ4v) is 3.07. The van der Waals surface area contributed by atoms with Crippen molar-refractivity contribution >= 4 is 23.6 Å². The average Bonchev–Trinajstić information content (AvgIpc) is 2.58. The van der Waals surface area contributed by atoms with Gasteiger partial charge in [0.2, 0.25) is 5.91 Å². The van der Waals surface area contributed by atoms with Crippen molar-refractivity contribution in [2.45, 2.75) is 52.5 Å². The molecule has 1 saturated heterocycles. The van der Waals surface area contributed by atoms with E-state index in [1.165, 1.54) is 16.7 Å². The van der Waals surface area contributed by atoms with E-state index in [-0.39, 0.29) is 22.6 Å². The first-order chi connectivity index (χ1) is 8.14. The van der Waals surface area contributed by atoms with E-state index in [9.17, 15) is 9.59 Å². The number of rotatable bonds is 3. The van der Waals surface area contributed by atoms with Crippen molar-refractivity contribution < 1.29 is 14.7 Å². The lowest BCUT2D eigenvalue weighted by molar-refractivity contribution is -0.149. The first-order valence-electron chi connectivity index (χ1n) is 6.30. The number of hydrogen-bond acceptors (Lipinski definition) is 3. The number of nitrogens with zero attached hydrogens (tertiary/aromatic N) is 1. The summed E-state index contributed by atoms with van der Waals surface area (Å²) >= 11 is 1.53. The zero-order valence-corrected chi connectivity index (χ0v) is 12.6. The molecular weight excluding hydrogens is 250 g/mol. The van der Waals surface area contributed by atoms with Crippen LogP contribution in [-0.4, -0.2) is 39.1 Å². The summed E-state index contributed by atoms with van der Waals surface area (Å²) in [6.07, 6.45) is 0.415. The summed E-state index contributed by atoms with van der Waals surface area (Å²) in [5.41, 5.74) is 0.0600. The van der Waals surface area contributed by atoms with Crippen LogP contribution in [0.5, 0.6) is 0 Å². The van der Waals surface area contributed by atoms with E-state index in [4.69, 9.17) is 5.11 Å². The van der Waals surface area contributed by atoms with E-state index in [0.29, 0.717) is 12.2 Å². The van der Waals surface area contributed by atoms with Crippen molar-refractivity contribution in [1.29, 1.82) is 0 Å². The molecule has 3 atom stereocenters. The number of amides is 1. The third-order valence-electron chi connectivity index (χ3n) is 3.76. The Morgan fingerprint density at radius 3 is 2.44 bits per heavy atom. The molecule has 1 aliphatic rings. The van der Waals surface area contributed by atoms with Gasteiger partial charge in [0.25, 0.3) is 0 Å². The molecule has 0 aliphatic carbocycles. The van der Waals surface area contributed by atoms with Gasteiger partial charge in [-0.05, 0) is 18.3 Å². The van der Waals surface area contributed by atoms with Crippen LogP contribution in [0.3, 0.4) is 0 Å². The molecule has 1 N–H and O–H groups in total. The van der Waals surface area contributed by atoms with Gasteiger partial charge in [-0.15, -0.1) is 11.8 Å². The van der Waals surface area contributed by atoms with Crippen molar-refractivity contribution in [3.8, 4) is 0 Å². The zero-order chi connectivity index (χ0) is 14.1. The van der Waals surface area contributed by atoms with Crippen LogP contribution in [0, 0.1) is 11.3 Å². The van der Waals surface area contributed by atoms with Gasteiger partial charge in [0, 0.05) is 12.2 Å². The van der Waals surface area contributed by atoms with Gasteiger partial charge in [0.1, 0.15) is 6.04 Å². The minimum atomic E-state index is -0.899. The Hall–Kier alpha value is -0.710. The Labute approximate surface area is 113 Å². The minimum Gasteiger partial charge on any atom is -0.480 e. The summed E-state index contributed by atoms with van der Waals surface area (Å²) in [5.74, 6) is -0.213. The van der Waals surface area contributed by atoms with E-state index < -0.39 is 12.0 Å². The van der Waals surface area contributed by atoms with Crippen LogP contribution < -0.4 is 0 Å². The number of carbonyl (C=O) groups is 2. The van der Waals surface area contributed by atoms with Crippen LogP contribution in [0.1, 0.15) is 41.0 Å². The van der Waals surface area contributed by atoms with Gasteiger partial charge in [-0.1, -0.05) is 27.7 Å². The normalized spacial score (nSPS) is 26.2. The standard InChI is InChI=1S/C13H23NO3S/c1-8(13(3,4)5)6-11(15)14-9(2)18-7-10(14)12(16)17/h8-10H,6-7H2,1-5H3,(H,16,17). The highest BCUT2D eigenvalue weighted by Crippen LogP contribution is 2.33. The molecule has 1 heterocycles. The van der Waals surface area contributed by atoms with Crippen LogP contribution in [0.25, 0.3) is 0 Å². The first-order valence-corrected chi connectivity index (χ1v) is 7.35. The summed E-state index contributed by atoms with van der Waals surface area (Å²) in [6, 6.07) is -0.662. The van der Waals surface area contributed by atoms with E-state index in [2.05, 4.69) is 20.8 Å². The third kappa shape index (κ3) is 3.40. The summed E-state index contributed by atoms with van der Waals surface area (Å²) in [7, 11) is 0. The second-order valence-electron chi connectivity index (χ2n) is 6.06. The van der Waals surface area contributed by atoms with Gasteiger partial charge in [0.05, 0.1) is 5.37 Å². The molecule has 0 aromatic rings. The lowest BCUT2D eigenvalue weighted by Crippen LogP contribution is -2.45. The molecular formula is C13H23NO3S. The molecule has 1 rings (SSSR count). The van der Waals surface area contributed by atoms with E-state index in [0.717, 1.165) is 0 Å². The van der Waals surface area contributed by atoms with Crippen molar-refractivity contribution in [2.75, 3.05) is 5.75 Å². The fraction of sp³-hybridized carbons (Fsp3) is 0.846. The molecule has 0 spiro atoms. The first kappa shape index (κ1) is 15.3. The lowest BCUT2D eigenvalue weighted by Gasteiger charge is -2.31. The summed E-state index contributed by atoms with van der Waals surface area (Å²) < 4.78 is 0. The third-order valence-corrected chi connectivity index (χ3v) is 4.97. The van der Waals surface area contributed by atoms with Gasteiger partial charge in [-0.25, -0.2) is 4.79 Å². The second kappa shape index (κ2) is 5.51. The number of carbonyl (C=O) groups excluding carboxylic acids is 1. The number of carboxylic acids is 1. The number of thioether (sulfide) groups is 1. The Morgan fingerprint density at radius 2 is 2.00 bits per heavy atom. The smallest absolute Gasteiger partial charge is 0.327 e. The van der Waals surface area contributed by atoms with E-state index in [1.54, 1.807) is 0 Å². The highest BCUT2D eigenvalue weighted by Gasteiger charge is 2.40. The van der Waals surface area contributed by atoms with Gasteiger partial charge in [0.15, 0.2) is 0 Å². The lowest BCUT2D eigenvalue weighted by atomic mass is 9.80. The molecule has 0 radical (unpaired) electrons. The van der Waals surface area contributed by atoms with Crippen molar-refractivity contribution in [3.63, 3.8) is 0 Å². The summed E-state index contributed by atoms with van der Waals surface area (Å²) in [4.78, 5) is 25.0. The minimum absolute atomic E-state index is 0.0363. The van der Waals surface area contributed by atoms with Crippen molar-refractivity contribution in [2.24, 2.45) is 11.3 Å². The predicted molar refractivity (Wildman–Crippen MR) is 73.4 cm³/mol. The molecule has 3 unspecified atom stereocenters. The van der Waals surface area contributed by atoms with Gasteiger partial charge in [-0.3, -0.25) is 4.79 Å². The zero-order valence-electron chi connectivity index (χ0n) is 11.8. The van der Waals surface area contributed by atoms with E-state index >= 15 is 0 Å². The molecule has 18 heavy (non-hydrogen) atoms. The van der Waals surface area contributed by atoms with Crippen molar-refractivity contribution in [3.05, 3.63) is 0 Å². The van der Waals surface area contributed by atoms with Crippen LogP contribution in [0.4, 0.5) is 0 Å². The van der Waals surface area contributed by atoms with Gasteiger partial charge < -0.3 is 10.0 Å². The van der Waals surface area contributed by atoms with Crippen LogP contribution in [0.2, 0.25) is 0 Å². The number of aliphatic carboxylic acids is 1. The molecule has 5 heteroatoms. The molecule has 104 valence electrons. The Bertz CT molecular complexity index is 338. The predicted octanol–water partition coefficient (Wildman–Crippen LogP) is 2.43. The topological polar surface area (TPSA) is 57.6 Å². The molecule has 0 aromatic heterocycles. The second-order valence-corrected chi connectivity index (χ2v) is 7.41. The van der Waals surface area contributed by atoms with Crippen LogP contribution in [0.15, 0.2) is 0 Å². The maximum atomic E-state index is 12.3. The molecule has 0 saturated carbocycles. The largest absolute Gasteiger partial charge is 0.480 e. The van der Waals surface area contributed by atoms with Crippen molar-refractivity contribution in [1.82, 2.24) is 4.90 Å². The summed E-state index contributed by atoms with van der Waals surface area (Å²) in [5, 5.41) is 9.10. The van der Waals surface area contributed by atoms with Gasteiger partial charge in [-0.2, -0.15) is 0 Å².